The van der Waals surface area contributed by atoms with Gasteiger partial charge in [-0.05, 0) is 12.2 Å². The first-order chi connectivity index (χ1) is 7.09. The quantitative estimate of drug-likeness (QED) is 0.603. The number of rotatable bonds is 1. The van der Waals surface area contributed by atoms with Gasteiger partial charge in [0, 0.05) is 0 Å². The van der Waals surface area contributed by atoms with E-state index in [9.17, 15) is 13.2 Å². The highest BCUT2D eigenvalue weighted by molar-refractivity contribution is 7.75. The lowest BCUT2D eigenvalue weighted by Gasteiger charge is -2.00. The van der Waals surface area contributed by atoms with Crippen LogP contribution in [0.1, 0.15) is 0 Å². The van der Waals surface area contributed by atoms with Crippen molar-refractivity contribution in [3.05, 3.63) is 23.9 Å². The van der Waals surface area contributed by atoms with Gasteiger partial charge in [-0.25, -0.2) is 14.8 Å². The number of carboxylic acid groups (broad SMARTS) is 1. The van der Waals surface area contributed by atoms with Gasteiger partial charge in [-0.3, -0.25) is 0 Å². The van der Waals surface area contributed by atoms with Gasteiger partial charge >= 0.3 is 5.97 Å². The molecule has 0 bridgehead atoms. The second-order valence-electron chi connectivity index (χ2n) is 2.71. The zero-order chi connectivity index (χ0) is 11.0. The smallest absolute Gasteiger partial charge is 0.373 e. The summed E-state index contributed by atoms with van der Waals surface area (Å²) in [5, 5.41) is 8.64. The maximum atomic E-state index is 10.8. The molecule has 1 heterocycles. The number of nitrogens with zero attached hydrogens (tertiary/aromatic N) is 2. The topological polar surface area (TPSA) is 96.2 Å². The van der Waals surface area contributed by atoms with Gasteiger partial charge in [0.05, 0.1) is 5.70 Å². The predicted molar refractivity (Wildman–Crippen MR) is 53.7 cm³/mol. The summed E-state index contributed by atoms with van der Waals surface area (Å²) in [5.41, 5.74) is 0.345. The number of amidine groups is 1. The summed E-state index contributed by atoms with van der Waals surface area (Å²) in [5.74, 6) is -1.68. The van der Waals surface area contributed by atoms with Crippen LogP contribution in [0.3, 0.4) is 0 Å². The molecule has 0 aromatic carbocycles. The zero-order valence-corrected chi connectivity index (χ0v) is 8.02. The van der Waals surface area contributed by atoms with Crippen molar-refractivity contribution in [3.8, 4) is 0 Å². The molecule has 0 atom stereocenters. The van der Waals surface area contributed by atoms with Gasteiger partial charge in [-0.2, -0.15) is 8.42 Å². The molecule has 1 N–H and O–H groups in total. The fraction of sp³-hybridized carbons (Fsp3) is 0. The lowest BCUT2D eigenvalue weighted by molar-refractivity contribution is -0.129. The summed E-state index contributed by atoms with van der Waals surface area (Å²) in [4.78, 5) is 17.8. The molecule has 2 aliphatic rings. The molecule has 76 valence electrons. The van der Waals surface area contributed by atoms with Crippen molar-refractivity contribution in [3.63, 3.8) is 0 Å². The Hall–Kier alpha value is -2.02. The summed E-state index contributed by atoms with van der Waals surface area (Å²) in [6.07, 6.45) is 4.32. The molecular formula is C8H4N2O4S. The summed E-state index contributed by atoms with van der Waals surface area (Å²) >= 11 is 0. The standard InChI is InChI=1S/C8H4N2O4S/c11-8(12)7-9-4-2-1-3-5(15(13)14)6(4)10-7/h1-3H,(H,11,12). The molecule has 0 aromatic rings. The Bertz CT molecular complexity index is 597. The zero-order valence-electron chi connectivity index (χ0n) is 7.21. The molecule has 2 rings (SSSR count). The summed E-state index contributed by atoms with van der Waals surface area (Å²) in [6.45, 7) is 0. The first-order valence-corrected chi connectivity index (χ1v) is 4.93. The number of aliphatic carboxylic acids is 1. The monoisotopic (exact) mass is 224 g/mol. The minimum absolute atomic E-state index is 0.0486. The minimum atomic E-state index is -2.45. The van der Waals surface area contributed by atoms with Crippen LogP contribution in [0.25, 0.3) is 0 Å². The molecule has 0 amide bonds. The second-order valence-corrected chi connectivity index (χ2v) is 3.62. The maximum absolute atomic E-state index is 10.8. The van der Waals surface area contributed by atoms with Crippen molar-refractivity contribution in [1.82, 2.24) is 0 Å². The Morgan fingerprint density at radius 2 is 2.07 bits per heavy atom. The van der Waals surface area contributed by atoms with Gasteiger partial charge in [0.15, 0.2) is 0 Å². The molecule has 0 spiro atoms. The van der Waals surface area contributed by atoms with Gasteiger partial charge in [0.2, 0.25) is 16.1 Å². The average molecular weight is 224 g/mol. The van der Waals surface area contributed by atoms with E-state index in [-0.39, 0.29) is 16.3 Å². The number of carbonyl (C=O) groups is 1. The van der Waals surface area contributed by atoms with Crippen molar-refractivity contribution in [1.29, 1.82) is 0 Å². The SMILES string of the molecule is O=C(O)C1=NC2=CC=CC(=S(=O)=O)C2=N1. The fourth-order valence-corrected chi connectivity index (χ4v) is 1.69. The van der Waals surface area contributed by atoms with Crippen LogP contribution < -0.4 is 0 Å². The molecule has 1 aliphatic carbocycles. The highest BCUT2D eigenvalue weighted by Crippen LogP contribution is 2.15. The van der Waals surface area contributed by atoms with Crippen molar-refractivity contribution in [2.75, 3.05) is 0 Å². The molecule has 6 nitrogen and oxygen atoms in total. The van der Waals surface area contributed by atoms with Crippen LogP contribution in [0.2, 0.25) is 0 Å². The Labute approximate surface area is 85.5 Å². The molecule has 0 fully saturated rings. The molecule has 0 unspecified atom stereocenters. The number of hydrogen-bond acceptors (Lipinski definition) is 5. The van der Waals surface area contributed by atoms with Gasteiger partial charge in [0.1, 0.15) is 10.6 Å². The van der Waals surface area contributed by atoms with Crippen LogP contribution in [0.15, 0.2) is 33.9 Å². The predicted octanol–water partition coefficient (Wildman–Crippen LogP) is -0.571. The first kappa shape index (κ1) is 9.53. The number of carboxylic acids is 1. The fourth-order valence-electron chi connectivity index (χ4n) is 1.19. The Balaban J connectivity index is 2.61. The van der Waals surface area contributed by atoms with Crippen LogP contribution in [0.4, 0.5) is 0 Å². The van der Waals surface area contributed by atoms with Crippen LogP contribution in [-0.4, -0.2) is 35.9 Å². The van der Waals surface area contributed by atoms with Gasteiger partial charge in [0.25, 0.3) is 0 Å². The number of fused-ring (bicyclic) bond motifs is 1. The number of allylic oxidation sites excluding steroid dienone is 4. The molecule has 15 heavy (non-hydrogen) atoms. The van der Waals surface area contributed by atoms with Crippen LogP contribution in [-0.2, 0) is 15.1 Å². The number of aliphatic imine (C=N–C) groups is 2. The summed E-state index contributed by atoms with van der Waals surface area (Å²) in [7, 11) is -2.45. The second kappa shape index (κ2) is 3.28. The molecule has 0 saturated heterocycles. The molecule has 7 heteroatoms. The third-order valence-corrected chi connectivity index (χ3v) is 2.48. The molecule has 1 aliphatic heterocycles. The van der Waals surface area contributed by atoms with Crippen molar-refractivity contribution >= 4 is 32.7 Å². The van der Waals surface area contributed by atoms with E-state index in [4.69, 9.17) is 5.11 Å². The van der Waals surface area contributed by atoms with E-state index in [1.807, 2.05) is 0 Å². The van der Waals surface area contributed by atoms with E-state index in [1.165, 1.54) is 18.2 Å². The highest BCUT2D eigenvalue weighted by atomic mass is 32.2. The molecule has 0 aromatic heterocycles. The summed E-state index contributed by atoms with van der Waals surface area (Å²) in [6, 6.07) is 0. The highest BCUT2D eigenvalue weighted by Gasteiger charge is 2.25. The summed E-state index contributed by atoms with van der Waals surface area (Å²) < 4.78 is 21.6. The number of hydrogen-bond donors (Lipinski definition) is 1. The van der Waals surface area contributed by atoms with E-state index in [1.54, 1.807) is 0 Å². The molecule has 0 radical (unpaired) electrons. The van der Waals surface area contributed by atoms with Crippen molar-refractivity contribution in [2.45, 2.75) is 0 Å². The maximum Gasteiger partial charge on any atom is 0.373 e. The van der Waals surface area contributed by atoms with E-state index >= 15 is 0 Å². The van der Waals surface area contributed by atoms with Gasteiger partial charge in [-0.15, -0.1) is 0 Å². The van der Waals surface area contributed by atoms with E-state index in [0.29, 0.717) is 0 Å². The first-order valence-electron chi connectivity index (χ1n) is 3.85. The molecular weight excluding hydrogens is 220 g/mol. The van der Waals surface area contributed by atoms with E-state index in [0.717, 1.165) is 0 Å². The van der Waals surface area contributed by atoms with Gasteiger partial charge < -0.3 is 5.11 Å². The van der Waals surface area contributed by atoms with E-state index in [2.05, 4.69) is 9.98 Å². The van der Waals surface area contributed by atoms with Crippen molar-refractivity contribution in [2.24, 2.45) is 9.98 Å². The lowest BCUT2D eigenvalue weighted by Crippen LogP contribution is -2.15. The third-order valence-electron chi connectivity index (χ3n) is 1.79. The minimum Gasteiger partial charge on any atom is -0.475 e. The van der Waals surface area contributed by atoms with Crippen LogP contribution >= 0.6 is 0 Å². The third kappa shape index (κ3) is 1.52. The van der Waals surface area contributed by atoms with Gasteiger partial charge in [-0.1, -0.05) is 6.08 Å². The van der Waals surface area contributed by atoms with Crippen molar-refractivity contribution < 1.29 is 18.3 Å². The molecule has 0 saturated carbocycles. The van der Waals surface area contributed by atoms with Crippen LogP contribution in [0, 0.1) is 0 Å². The Morgan fingerprint density at radius 1 is 1.33 bits per heavy atom. The Morgan fingerprint density at radius 3 is 2.67 bits per heavy atom. The largest absolute Gasteiger partial charge is 0.475 e. The van der Waals surface area contributed by atoms with Crippen LogP contribution in [0.5, 0.6) is 0 Å². The van der Waals surface area contributed by atoms with E-state index < -0.39 is 22.1 Å². The lowest BCUT2D eigenvalue weighted by atomic mass is 10.1. The Kier molecular flexibility index (Phi) is 2.09. The average Bonchev–Trinajstić information content (AvgIpc) is 2.60. The normalized spacial score (nSPS) is 17.9.